The molecular formula is C28H29N7. The van der Waals surface area contributed by atoms with Crippen molar-refractivity contribution in [1.29, 1.82) is 0 Å². The highest BCUT2D eigenvalue weighted by Gasteiger charge is 2.29. The number of rotatable bonds is 5. The van der Waals surface area contributed by atoms with Crippen LogP contribution in [0, 0.1) is 0 Å². The monoisotopic (exact) mass is 463 g/mol. The van der Waals surface area contributed by atoms with Crippen LogP contribution in [0.5, 0.6) is 0 Å². The Hall–Kier alpha value is -3.84. The maximum atomic E-state index is 6.40. The lowest BCUT2D eigenvalue weighted by Crippen LogP contribution is -2.37. The molecule has 1 aliphatic heterocycles. The summed E-state index contributed by atoms with van der Waals surface area (Å²) in [5.74, 6) is 1.27. The highest BCUT2D eigenvalue weighted by atomic mass is 15.3. The van der Waals surface area contributed by atoms with Gasteiger partial charge in [-0.15, -0.1) is 10.2 Å². The molecule has 0 radical (unpaired) electrons. The number of anilines is 1. The first-order valence-electron chi connectivity index (χ1n) is 12.3. The average molecular weight is 464 g/mol. The summed E-state index contributed by atoms with van der Waals surface area (Å²) in [6.45, 7) is 5.65. The van der Waals surface area contributed by atoms with Crippen molar-refractivity contribution in [2.24, 2.45) is 0 Å². The molecule has 1 aliphatic rings. The molecule has 7 nitrogen and oxygen atoms in total. The summed E-state index contributed by atoms with van der Waals surface area (Å²) in [5, 5.41) is 11.2. The molecule has 2 aromatic carbocycles. The second-order valence-corrected chi connectivity index (χ2v) is 9.60. The predicted molar refractivity (Wildman–Crippen MR) is 140 cm³/mol. The molecule has 6 rings (SSSR count). The molecule has 0 aliphatic carbocycles. The topological polar surface area (TPSA) is 85.2 Å². The third-order valence-electron chi connectivity index (χ3n) is 7.14. The van der Waals surface area contributed by atoms with Gasteiger partial charge < -0.3 is 5.73 Å². The van der Waals surface area contributed by atoms with Crippen LogP contribution >= 0.6 is 0 Å². The summed E-state index contributed by atoms with van der Waals surface area (Å²) in [7, 11) is 0. The largest absolute Gasteiger partial charge is 0.368 e. The van der Waals surface area contributed by atoms with Gasteiger partial charge in [-0.3, -0.25) is 9.88 Å². The fraction of sp³-hybridized carbons (Fsp3) is 0.286. The Morgan fingerprint density at radius 3 is 2.57 bits per heavy atom. The third kappa shape index (κ3) is 3.82. The van der Waals surface area contributed by atoms with Crippen LogP contribution in [0.2, 0.25) is 0 Å². The Labute approximate surface area is 204 Å². The van der Waals surface area contributed by atoms with Gasteiger partial charge in [-0.1, -0.05) is 36.4 Å². The van der Waals surface area contributed by atoms with Gasteiger partial charge in [-0.25, -0.2) is 9.38 Å². The zero-order valence-electron chi connectivity index (χ0n) is 20.1. The van der Waals surface area contributed by atoms with E-state index in [1.807, 2.05) is 16.5 Å². The Balaban J connectivity index is 1.59. The van der Waals surface area contributed by atoms with Crippen molar-refractivity contribution < 1.29 is 0 Å². The molecule has 0 saturated carbocycles. The van der Waals surface area contributed by atoms with Crippen molar-refractivity contribution in [3.63, 3.8) is 0 Å². The van der Waals surface area contributed by atoms with E-state index in [4.69, 9.17) is 10.7 Å². The zero-order chi connectivity index (χ0) is 23.9. The van der Waals surface area contributed by atoms with Gasteiger partial charge >= 0.3 is 0 Å². The molecule has 0 bridgehead atoms. The molecular weight excluding hydrogens is 434 g/mol. The van der Waals surface area contributed by atoms with Gasteiger partial charge in [0.25, 0.3) is 0 Å². The minimum Gasteiger partial charge on any atom is -0.368 e. The molecule has 0 spiro atoms. The van der Waals surface area contributed by atoms with E-state index in [9.17, 15) is 0 Å². The molecule has 0 unspecified atom stereocenters. The van der Waals surface area contributed by atoms with Crippen LogP contribution < -0.4 is 5.73 Å². The van der Waals surface area contributed by atoms with E-state index in [0.29, 0.717) is 18.0 Å². The van der Waals surface area contributed by atoms with Gasteiger partial charge in [0.05, 0.1) is 11.3 Å². The van der Waals surface area contributed by atoms with Crippen molar-refractivity contribution in [2.45, 2.75) is 45.2 Å². The maximum absolute atomic E-state index is 6.40. The van der Waals surface area contributed by atoms with Gasteiger partial charge in [-0.2, -0.15) is 0 Å². The Morgan fingerprint density at radius 2 is 1.77 bits per heavy atom. The van der Waals surface area contributed by atoms with Crippen LogP contribution in [0.15, 0.2) is 67.0 Å². The molecule has 1 fully saturated rings. The summed E-state index contributed by atoms with van der Waals surface area (Å²) in [5.41, 5.74) is 11.0. The van der Waals surface area contributed by atoms with Gasteiger partial charge in [0.15, 0.2) is 5.65 Å². The second kappa shape index (κ2) is 8.74. The number of aromatic nitrogens is 5. The summed E-state index contributed by atoms with van der Waals surface area (Å²) >= 11 is 0. The molecule has 1 atom stereocenters. The van der Waals surface area contributed by atoms with Gasteiger partial charge in [0.1, 0.15) is 5.82 Å². The lowest BCUT2D eigenvalue weighted by molar-refractivity contribution is 0.200. The first kappa shape index (κ1) is 21.7. The first-order chi connectivity index (χ1) is 17.1. The highest BCUT2D eigenvalue weighted by Crippen LogP contribution is 2.37. The number of pyridine rings is 1. The van der Waals surface area contributed by atoms with E-state index in [2.05, 4.69) is 76.4 Å². The van der Waals surface area contributed by atoms with Gasteiger partial charge in [-0.05, 0) is 67.8 Å². The average Bonchev–Trinajstić information content (AvgIpc) is 3.51. The third-order valence-corrected chi connectivity index (χ3v) is 7.14. The predicted octanol–water partition coefficient (Wildman–Crippen LogP) is 5.00. The molecule has 35 heavy (non-hydrogen) atoms. The summed E-state index contributed by atoms with van der Waals surface area (Å²) in [6, 6.07) is 19.8. The molecule has 176 valence electrons. The van der Waals surface area contributed by atoms with Crippen molar-refractivity contribution in [1.82, 2.24) is 29.5 Å². The number of nitrogen functional groups attached to an aromatic ring is 1. The minimum atomic E-state index is 0.375. The Kier molecular flexibility index (Phi) is 5.41. The van der Waals surface area contributed by atoms with Crippen LogP contribution in [-0.4, -0.2) is 48.1 Å². The fourth-order valence-electron chi connectivity index (χ4n) is 5.49. The van der Waals surface area contributed by atoms with Crippen LogP contribution in [0.1, 0.15) is 32.5 Å². The van der Waals surface area contributed by atoms with E-state index in [-0.39, 0.29) is 0 Å². The quantitative estimate of drug-likeness (QED) is 0.395. The minimum absolute atomic E-state index is 0.375. The second-order valence-electron chi connectivity index (χ2n) is 9.60. The number of nitrogens with two attached hydrogens (primary N) is 1. The van der Waals surface area contributed by atoms with Crippen molar-refractivity contribution in [2.75, 3.05) is 12.3 Å². The zero-order valence-corrected chi connectivity index (χ0v) is 20.1. The normalized spacial score (nSPS) is 16.6. The van der Waals surface area contributed by atoms with Crippen LogP contribution in [0.25, 0.3) is 38.8 Å². The molecule has 5 aromatic rings. The SMILES string of the molecule is CC(C)N1CCC[C@H]1Cc1nc(-c2ccncc2)c(-c2ccc3ccccc3c2)c2nnc(N)n12. The molecule has 7 heteroatoms. The van der Waals surface area contributed by atoms with Gasteiger partial charge in [0, 0.05) is 36.5 Å². The van der Waals surface area contributed by atoms with Crippen molar-refractivity contribution in [3.8, 4) is 22.4 Å². The lowest BCUT2D eigenvalue weighted by atomic mass is 9.97. The van der Waals surface area contributed by atoms with Crippen molar-refractivity contribution >= 4 is 22.4 Å². The Morgan fingerprint density at radius 1 is 0.971 bits per heavy atom. The van der Waals surface area contributed by atoms with Crippen LogP contribution in [0.4, 0.5) is 5.95 Å². The highest BCUT2D eigenvalue weighted by molar-refractivity contribution is 5.95. The number of likely N-dealkylation sites (tertiary alicyclic amines) is 1. The molecule has 1 saturated heterocycles. The number of hydrogen-bond acceptors (Lipinski definition) is 6. The lowest BCUT2D eigenvalue weighted by Gasteiger charge is -2.28. The summed E-state index contributed by atoms with van der Waals surface area (Å²) in [4.78, 5) is 12.1. The molecule has 2 N–H and O–H groups in total. The fourth-order valence-corrected chi connectivity index (χ4v) is 5.49. The van der Waals surface area contributed by atoms with E-state index >= 15 is 0 Å². The van der Waals surface area contributed by atoms with E-state index in [1.165, 1.54) is 17.2 Å². The number of benzene rings is 2. The van der Waals surface area contributed by atoms with E-state index in [1.54, 1.807) is 12.4 Å². The number of nitrogens with zero attached hydrogens (tertiary/aromatic N) is 6. The number of fused-ring (bicyclic) bond motifs is 2. The molecule has 4 heterocycles. The first-order valence-corrected chi connectivity index (χ1v) is 12.3. The number of hydrogen-bond donors (Lipinski definition) is 1. The van der Waals surface area contributed by atoms with E-state index in [0.717, 1.165) is 53.2 Å². The molecule has 0 amide bonds. The smallest absolute Gasteiger partial charge is 0.227 e. The Bertz CT molecular complexity index is 1510. The van der Waals surface area contributed by atoms with Crippen LogP contribution in [-0.2, 0) is 6.42 Å². The van der Waals surface area contributed by atoms with Gasteiger partial charge in [0.2, 0.25) is 5.95 Å². The summed E-state index contributed by atoms with van der Waals surface area (Å²) < 4.78 is 1.95. The molecule has 3 aromatic heterocycles. The summed E-state index contributed by atoms with van der Waals surface area (Å²) in [6.07, 6.45) is 6.77. The maximum Gasteiger partial charge on any atom is 0.227 e. The van der Waals surface area contributed by atoms with Crippen LogP contribution in [0.3, 0.4) is 0 Å². The standard InChI is InChI=1S/C28H29N7/c1-18(2)34-15-5-8-23(34)17-24-31-26(20-11-13-30-14-12-20)25(27-32-33-28(29)35(24)27)22-10-9-19-6-3-4-7-21(19)16-22/h3-4,6-7,9-14,16,18,23H,5,8,15,17H2,1-2H3,(H2,29,33)/t23-/m0/s1. The van der Waals surface area contributed by atoms with E-state index < -0.39 is 0 Å². The van der Waals surface area contributed by atoms with Crippen molar-refractivity contribution in [3.05, 3.63) is 72.8 Å².